The number of carbonyl (C=O) groups excluding carboxylic acids is 2. The van der Waals surface area contributed by atoms with Gasteiger partial charge in [-0.3, -0.25) is 14.6 Å². The van der Waals surface area contributed by atoms with Crippen molar-refractivity contribution in [2.24, 2.45) is 10.7 Å². The van der Waals surface area contributed by atoms with Gasteiger partial charge in [-0.2, -0.15) is 0 Å². The van der Waals surface area contributed by atoms with Crippen LogP contribution in [0.3, 0.4) is 0 Å². The third-order valence-electron chi connectivity index (χ3n) is 3.80. The van der Waals surface area contributed by atoms with E-state index < -0.39 is 0 Å². The van der Waals surface area contributed by atoms with Crippen molar-refractivity contribution < 1.29 is 9.59 Å². The lowest BCUT2D eigenvalue weighted by Crippen LogP contribution is -2.37. The lowest BCUT2D eigenvalue weighted by atomic mass is 10.0. The number of nitrogens with two attached hydrogens (primary N) is 1. The zero-order valence-corrected chi connectivity index (χ0v) is 13.6. The number of nitrogens with zero attached hydrogens (tertiary/aromatic N) is 2. The van der Waals surface area contributed by atoms with E-state index in [1.165, 1.54) is 18.8 Å². The molecule has 0 aliphatic carbocycles. The van der Waals surface area contributed by atoms with E-state index in [0.717, 1.165) is 32.2 Å². The van der Waals surface area contributed by atoms with E-state index in [9.17, 15) is 9.59 Å². The largest absolute Gasteiger partial charge is 0.404 e. The monoisotopic (exact) mass is 333 g/mol. The summed E-state index contributed by atoms with van der Waals surface area (Å²) in [4.78, 5) is 29.2. The van der Waals surface area contributed by atoms with E-state index in [-0.39, 0.29) is 12.5 Å². The fourth-order valence-electron chi connectivity index (χ4n) is 2.55. The SMILES string of the molecule is N/C=C(\C=NCC(=O)N1CCCCC1)c1cc(Cl)ccc1C=O. The minimum Gasteiger partial charge on any atom is -0.404 e. The molecule has 1 aliphatic rings. The molecule has 0 unspecified atom stereocenters. The van der Waals surface area contributed by atoms with Gasteiger partial charge in [0.15, 0.2) is 6.29 Å². The Morgan fingerprint density at radius 2 is 2.04 bits per heavy atom. The molecule has 1 saturated heterocycles. The minimum atomic E-state index is 0.0130. The predicted octanol–water partition coefficient (Wildman–Crippen LogP) is 2.54. The van der Waals surface area contributed by atoms with Crippen LogP contribution in [0.15, 0.2) is 29.4 Å². The second kappa shape index (κ2) is 8.48. The van der Waals surface area contributed by atoms with Gasteiger partial charge >= 0.3 is 0 Å². The summed E-state index contributed by atoms with van der Waals surface area (Å²) in [7, 11) is 0. The number of rotatable bonds is 5. The Bertz CT molecular complexity index is 635. The third-order valence-corrected chi connectivity index (χ3v) is 4.03. The number of aliphatic imine (C=N–C) groups is 1. The molecule has 23 heavy (non-hydrogen) atoms. The average Bonchev–Trinajstić information content (AvgIpc) is 2.59. The summed E-state index contributed by atoms with van der Waals surface area (Å²) in [6.45, 7) is 1.68. The van der Waals surface area contributed by atoms with Crippen molar-refractivity contribution in [3.05, 3.63) is 40.5 Å². The standard InChI is InChI=1S/C17H20ClN3O2/c18-15-5-4-13(12-22)16(8-15)14(9-19)10-20-11-17(23)21-6-2-1-3-7-21/h4-5,8-10,12H,1-3,6-7,11,19H2/b14-9+,20-10?. The zero-order valence-electron chi connectivity index (χ0n) is 12.9. The van der Waals surface area contributed by atoms with Gasteiger partial charge in [0.05, 0.1) is 0 Å². The molecular formula is C17H20ClN3O2. The molecule has 1 heterocycles. The van der Waals surface area contributed by atoms with Crippen LogP contribution in [0.4, 0.5) is 0 Å². The Labute approximate surface area is 140 Å². The van der Waals surface area contributed by atoms with E-state index >= 15 is 0 Å². The van der Waals surface area contributed by atoms with E-state index in [1.807, 2.05) is 4.90 Å². The molecule has 1 aromatic rings. The third kappa shape index (κ3) is 4.66. The van der Waals surface area contributed by atoms with Crippen molar-refractivity contribution in [2.45, 2.75) is 19.3 Å². The molecule has 2 rings (SSSR count). The molecule has 0 radical (unpaired) electrons. The molecule has 1 fully saturated rings. The Morgan fingerprint density at radius 3 is 2.70 bits per heavy atom. The van der Waals surface area contributed by atoms with E-state index in [2.05, 4.69) is 4.99 Å². The van der Waals surface area contributed by atoms with Crippen molar-refractivity contribution in [2.75, 3.05) is 19.6 Å². The first kappa shape index (κ1) is 17.2. The Balaban J connectivity index is 2.06. The molecule has 0 atom stereocenters. The van der Waals surface area contributed by atoms with Crippen molar-refractivity contribution in [1.82, 2.24) is 4.90 Å². The maximum absolute atomic E-state index is 12.1. The van der Waals surface area contributed by atoms with Crippen LogP contribution in [-0.2, 0) is 4.79 Å². The zero-order chi connectivity index (χ0) is 16.7. The van der Waals surface area contributed by atoms with Gasteiger partial charge < -0.3 is 10.6 Å². The fraction of sp³-hybridized carbons (Fsp3) is 0.353. The predicted molar refractivity (Wildman–Crippen MR) is 92.8 cm³/mol. The molecule has 6 heteroatoms. The number of carbonyl (C=O) groups is 2. The lowest BCUT2D eigenvalue weighted by molar-refractivity contribution is -0.130. The summed E-state index contributed by atoms with van der Waals surface area (Å²) >= 11 is 5.97. The fourth-order valence-corrected chi connectivity index (χ4v) is 2.72. The van der Waals surface area contributed by atoms with Gasteiger partial charge in [-0.1, -0.05) is 11.6 Å². The molecule has 0 bridgehead atoms. The molecule has 122 valence electrons. The molecule has 5 nitrogen and oxygen atoms in total. The first-order valence-electron chi connectivity index (χ1n) is 7.60. The summed E-state index contributed by atoms with van der Waals surface area (Å²) in [5, 5.41) is 0.503. The van der Waals surface area contributed by atoms with Crippen LogP contribution < -0.4 is 5.73 Å². The van der Waals surface area contributed by atoms with Crippen LogP contribution in [0.1, 0.15) is 35.2 Å². The smallest absolute Gasteiger partial charge is 0.244 e. The molecule has 0 aromatic heterocycles. The number of halogens is 1. The number of likely N-dealkylation sites (tertiary alicyclic amines) is 1. The van der Waals surface area contributed by atoms with E-state index in [0.29, 0.717) is 21.7 Å². The van der Waals surface area contributed by atoms with Crippen LogP contribution >= 0.6 is 11.6 Å². The number of aldehydes is 1. The first-order valence-corrected chi connectivity index (χ1v) is 7.98. The Morgan fingerprint density at radius 1 is 1.30 bits per heavy atom. The highest BCUT2D eigenvalue weighted by molar-refractivity contribution is 6.31. The summed E-state index contributed by atoms with van der Waals surface area (Å²) in [5.41, 5.74) is 7.26. The van der Waals surface area contributed by atoms with E-state index in [1.54, 1.807) is 18.2 Å². The molecule has 0 saturated carbocycles. The molecule has 1 aromatic carbocycles. The lowest BCUT2D eigenvalue weighted by Gasteiger charge is -2.25. The van der Waals surface area contributed by atoms with Crippen molar-refractivity contribution >= 4 is 35.6 Å². The van der Waals surface area contributed by atoms with Gasteiger partial charge in [-0.25, -0.2) is 0 Å². The second-order valence-electron chi connectivity index (χ2n) is 5.38. The summed E-state index contributed by atoms with van der Waals surface area (Å²) < 4.78 is 0. The summed E-state index contributed by atoms with van der Waals surface area (Å²) in [6.07, 6.45) is 6.88. The van der Waals surface area contributed by atoms with Gasteiger partial charge in [0.25, 0.3) is 0 Å². The number of hydrogen-bond donors (Lipinski definition) is 1. The van der Waals surface area contributed by atoms with Gasteiger partial charge in [-0.15, -0.1) is 0 Å². The topological polar surface area (TPSA) is 75.8 Å². The van der Waals surface area contributed by atoms with Crippen molar-refractivity contribution in [3.8, 4) is 0 Å². The normalized spacial score (nSPS) is 15.9. The van der Waals surface area contributed by atoms with Crippen LogP contribution in [0.5, 0.6) is 0 Å². The molecule has 2 N–H and O–H groups in total. The number of allylic oxidation sites excluding steroid dienone is 1. The Kier molecular flexibility index (Phi) is 6.35. The average molecular weight is 334 g/mol. The highest BCUT2D eigenvalue weighted by atomic mass is 35.5. The van der Waals surface area contributed by atoms with Crippen LogP contribution in [-0.4, -0.2) is 42.9 Å². The number of hydrogen-bond acceptors (Lipinski definition) is 4. The molecule has 1 amide bonds. The number of amides is 1. The quantitative estimate of drug-likeness (QED) is 0.664. The second-order valence-corrected chi connectivity index (χ2v) is 5.82. The van der Waals surface area contributed by atoms with Crippen LogP contribution in [0, 0.1) is 0 Å². The molecular weight excluding hydrogens is 314 g/mol. The number of benzene rings is 1. The van der Waals surface area contributed by atoms with Crippen molar-refractivity contribution in [3.63, 3.8) is 0 Å². The molecule has 0 spiro atoms. The highest BCUT2D eigenvalue weighted by Crippen LogP contribution is 2.21. The van der Waals surface area contributed by atoms with Gasteiger partial charge in [0.1, 0.15) is 6.54 Å². The maximum Gasteiger partial charge on any atom is 0.244 e. The van der Waals surface area contributed by atoms with Gasteiger partial charge in [0.2, 0.25) is 5.91 Å². The highest BCUT2D eigenvalue weighted by Gasteiger charge is 2.15. The van der Waals surface area contributed by atoms with Crippen molar-refractivity contribution in [1.29, 1.82) is 0 Å². The number of piperidine rings is 1. The van der Waals surface area contributed by atoms with E-state index in [4.69, 9.17) is 17.3 Å². The first-order chi connectivity index (χ1) is 11.2. The van der Waals surface area contributed by atoms with Crippen LogP contribution in [0.2, 0.25) is 5.02 Å². The van der Waals surface area contributed by atoms with Gasteiger partial charge in [-0.05, 0) is 43.0 Å². The Hall–Kier alpha value is -2.14. The van der Waals surface area contributed by atoms with Crippen LogP contribution in [0.25, 0.3) is 5.57 Å². The molecule has 1 aliphatic heterocycles. The summed E-state index contributed by atoms with van der Waals surface area (Å²) in [6, 6.07) is 4.92. The summed E-state index contributed by atoms with van der Waals surface area (Å²) in [5.74, 6) is 0.0130. The maximum atomic E-state index is 12.1. The minimum absolute atomic E-state index is 0.0130. The van der Waals surface area contributed by atoms with Gasteiger partial charge in [0, 0.05) is 41.7 Å².